The largest absolute Gasteiger partial charge is 0.347 e. The number of halogens is 2. The number of carbonyl (C=O) groups excluding carboxylic acids is 1. The van der Waals surface area contributed by atoms with Crippen LogP contribution in [0.5, 0.6) is 0 Å². The molecule has 5 nitrogen and oxygen atoms in total. The highest BCUT2D eigenvalue weighted by Crippen LogP contribution is 2.16. The Morgan fingerprint density at radius 1 is 1.08 bits per heavy atom. The third kappa shape index (κ3) is 3.99. The van der Waals surface area contributed by atoms with Gasteiger partial charge in [-0.1, -0.05) is 6.07 Å². The van der Waals surface area contributed by atoms with Gasteiger partial charge in [-0.05, 0) is 45.8 Å². The minimum Gasteiger partial charge on any atom is -0.347 e. The van der Waals surface area contributed by atoms with Crippen LogP contribution >= 0.6 is 15.9 Å². The van der Waals surface area contributed by atoms with Crippen molar-refractivity contribution in [1.82, 2.24) is 20.3 Å². The normalized spacial score (nSPS) is 10.4. The van der Waals surface area contributed by atoms with Gasteiger partial charge in [0.1, 0.15) is 5.69 Å². The van der Waals surface area contributed by atoms with E-state index in [1.165, 1.54) is 12.3 Å². The predicted molar refractivity (Wildman–Crippen MR) is 90.5 cm³/mol. The monoisotopic (exact) mass is 386 g/mol. The highest BCUT2D eigenvalue weighted by molar-refractivity contribution is 9.10. The van der Waals surface area contributed by atoms with Crippen molar-refractivity contribution in [3.8, 4) is 11.3 Å². The lowest BCUT2D eigenvalue weighted by molar-refractivity contribution is 0.0946. The van der Waals surface area contributed by atoms with Gasteiger partial charge < -0.3 is 5.32 Å². The van der Waals surface area contributed by atoms with Crippen molar-refractivity contribution in [1.29, 1.82) is 0 Å². The average molecular weight is 387 g/mol. The van der Waals surface area contributed by atoms with Crippen LogP contribution in [-0.2, 0) is 6.54 Å². The number of hydrogen-bond acceptors (Lipinski definition) is 4. The van der Waals surface area contributed by atoms with Gasteiger partial charge in [0.05, 0.1) is 5.69 Å². The summed E-state index contributed by atoms with van der Waals surface area (Å²) in [4.78, 5) is 23.8. The first-order chi connectivity index (χ1) is 11.6. The van der Waals surface area contributed by atoms with Crippen LogP contribution in [0.15, 0.2) is 59.5 Å². The van der Waals surface area contributed by atoms with Gasteiger partial charge in [-0.25, -0.2) is 9.97 Å². The van der Waals surface area contributed by atoms with Gasteiger partial charge >= 0.3 is 0 Å². The molecular formula is C17H12BrFN4O. The lowest BCUT2D eigenvalue weighted by atomic mass is 10.1. The van der Waals surface area contributed by atoms with Crippen molar-refractivity contribution in [2.75, 3.05) is 0 Å². The Balaban J connectivity index is 1.64. The third-order valence-corrected chi connectivity index (χ3v) is 3.73. The second-order valence-electron chi connectivity index (χ2n) is 4.96. The lowest BCUT2D eigenvalue weighted by Gasteiger charge is -2.06. The highest BCUT2D eigenvalue weighted by atomic mass is 79.9. The molecule has 1 N–H and O–H groups in total. The van der Waals surface area contributed by atoms with E-state index in [2.05, 4.69) is 36.2 Å². The number of pyridine rings is 3. The first-order valence-corrected chi connectivity index (χ1v) is 7.88. The van der Waals surface area contributed by atoms with Crippen LogP contribution in [0, 0.1) is 5.95 Å². The SMILES string of the molecule is O=C(NCc1ccc(-c2ccnc(F)c2)nc1)c1ccc(Br)cn1. The minimum atomic E-state index is -0.548. The van der Waals surface area contributed by atoms with E-state index >= 15 is 0 Å². The summed E-state index contributed by atoms with van der Waals surface area (Å²) in [6.07, 6.45) is 4.60. The molecule has 0 fully saturated rings. The third-order valence-electron chi connectivity index (χ3n) is 3.26. The first kappa shape index (κ1) is 16.2. The summed E-state index contributed by atoms with van der Waals surface area (Å²) in [5.74, 6) is -0.810. The molecule has 0 unspecified atom stereocenters. The molecule has 0 atom stereocenters. The van der Waals surface area contributed by atoms with Crippen molar-refractivity contribution in [3.05, 3.63) is 76.7 Å². The summed E-state index contributed by atoms with van der Waals surface area (Å²) in [6, 6.07) is 10.0. The summed E-state index contributed by atoms with van der Waals surface area (Å²) in [5, 5.41) is 2.78. The van der Waals surface area contributed by atoms with Crippen LogP contribution < -0.4 is 5.32 Å². The molecule has 3 rings (SSSR count). The van der Waals surface area contributed by atoms with Gasteiger partial charge in [0.2, 0.25) is 5.95 Å². The van der Waals surface area contributed by atoms with Gasteiger partial charge in [-0.15, -0.1) is 0 Å². The Bertz CT molecular complexity index is 853. The molecule has 3 heterocycles. The molecule has 0 aliphatic heterocycles. The standard InChI is InChI=1S/C17H12BrFN4O/c18-13-2-4-15(22-10-13)17(24)23-9-11-1-3-14(21-8-11)12-5-6-20-16(19)7-12/h1-8,10H,9H2,(H,23,24). The zero-order valence-corrected chi connectivity index (χ0v) is 14.0. The fourth-order valence-electron chi connectivity index (χ4n) is 2.04. The van der Waals surface area contributed by atoms with Crippen LogP contribution in [0.25, 0.3) is 11.3 Å². The molecule has 0 radical (unpaired) electrons. The number of rotatable bonds is 4. The molecule has 3 aromatic heterocycles. The van der Waals surface area contributed by atoms with E-state index in [0.29, 0.717) is 23.5 Å². The topological polar surface area (TPSA) is 67.8 Å². The van der Waals surface area contributed by atoms with Crippen molar-refractivity contribution in [3.63, 3.8) is 0 Å². The Labute approximate surface area is 146 Å². The summed E-state index contributed by atoms with van der Waals surface area (Å²) in [6.45, 7) is 0.328. The van der Waals surface area contributed by atoms with Gasteiger partial charge in [0.25, 0.3) is 5.91 Å². The zero-order chi connectivity index (χ0) is 16.9. The molecule has 0 aromatic carbocycles. The molecule has 0 aliphatic carbocycles. The maximum Gasteiger partial charge on any atom is 0.270 e. The number of nitrogens with zero attached hydrogens (tertiary/aromatic N) is 3. The molecule has 0 saturated heterocycles. The highest BCUT2D eigenvalue weighted by Gasteiger charge is 2.07. The van der Waals surface area contributed by atoms with Gasteiger partial charge in [-0.2, -0.15) is 4.39 Å². The number of nitrogens with one attached hydrogen (secondary N) is 1. The summed E-state index contributed by atoms with van der Waals surface area (Å²) < 4.78 is 13.9. The van der Waals surface area contributed by atoms with Crippen LogP contribution in [0.2, 0.25) is 0 Å². The summed E-state index contributed by atoms with van der Waals surface area (Å²) in [7, 11) is 0. The van der Waals surface area contributed by atoms with E-state index in [9.17, 15) is 9.18 Å². The molecule has 0 saturated carbocycles. The Kier molecular flexibility index (Phi) is 4.90. The molecule has 0 bridgehead atoms. The van der Waals surface area contributed by atoms with Crippen LogP contribution in [0.4, 0.5) is 4.39 Å². The summed E-state index contributed by atoms with van der Waals surface area (Å²) in [5.41, 5.74) is 2.46. The second kappa shape index (κ2) is 7.27. The van der Waals surface area contributed by atoms with E-state index < -0.39 is 5.95 Å². The predicted octanol–water partition coefficient (Wildman–Crippen LogP) is 3.37. The molecule has 24 heavy (non-hydrogen) atoms. The van der Waals surface area contributed by atoms with E-state index in [4.69, 9.17) is 0 Å². The van der Waals surface area contributed by atoms with Gasteiger partial charge in [0.15, 0.2) is 0 Å². The zero-order valence-electron chi connectivity index (χ0n) is 12.4. The van der Waals surface area contributed by atoms with E-state index in [0.717, 1.165) is 10.0 Å². The van der Waals surface area contributed by atoms with Crippen molar-refractivity contribution in [2.24, 2.45) is 0 Å². The maximum absolute atomic E-state index is 13.1. The summed E-state index contributed by atoms with van der Waals surface area (Å²) >= 11 is 3.27. The smallest absolute Gasteiger partial charge is 0.270 e. The van der Waals surface area contributed by atoms with Crippen molar-refractivity contribution >= 4 is 21.8 Å². The fraction of sp³-hybridized carbons (Fsp3) is 0.0588. The minimum absolute atomic E-state index is 0.261. The lowest BCUT2D eigenvalue weighted by Crippen LogP contribution is -2.23. The fourth-order valence-corrected chi connectivity index (χ4v) is 2.28. The molecule has 3 aromatic rings. The molecule has 120 valence electrons. The van der Waals surface area contributed by atoms with Crippen LogP contribution in [-0.4, -0.2) is 20.9 Å². The van der Waals surface area contributed by atoms with Crippen molar-refractivity contribution < 1.29 is 9.18 Å². The molecule has 0 aliphatic rings. The molecular weight excluding hydrogens is 375 g/mol. The second-order valence-corrected chi connectivity index (χ2v) is 5.88. The Morgan fingerprint density at radius 2 is 1.96 bits per heavy atom. The number of aromatic nitrogens is 3. The number of carbonyl (C=O) groups is 1. The number of amides is 1. The first-order valence-electron chi connectivity index (χ1n) is 7.08. The van der Waals surface area contributed by atoms with Crippen molar-refractivity contribution in [2.45, 2.75) is 6.54 Å². The van der Waals surface area contributed by atoms with Gasteiger partial charge in [0, 0.05) is 41.2 Å². The van der Waals surface area contributed by atoms with E-state index in [-0.39, 0.29) is 5.91 Å². The molecule has 1 amide bonds. The maximum atomic E-state index is 13.1. The van der Waals surface area contributed by atoms with E-state index in [1.807, 2.05) is 6.07 Å². The average Bonchev–Trinajstić information content (AvgIpc) is 2.61. The van der Waals surface area contributed by atoms with Crippen LogP contribution in [0.3, 0.4) is 0 Å². The Hall–Kier alpha value is -2.67. The molecule has 0 spiro atoms. The number of hydrogen-bond donors (Lipinski definition) is 1. The molecule has 7 heteroatoms. The van der Waals surface area contributed by atoms with Crippen LogP contribution in [0.1, 0.15) is 16.1 Å². The Morgan fingerprint density at radius 3 is 2.62 bits per heavy atom. The van der Waals surface area contributed by atoms with Gasteiger partial charge in [-0.3, -0.25) is 9.78 Å². The quantitative estimate of drug-likeness (QED) is 0.698. The van der Waals surface area contributed by atoms with E-state index in [1.54, 1.807) is 36.7 Å².